The molecule has 19 heavy (non-hydrogen) atoms. The third-order valence-electron chi connectivity index (χ3n) is 4.28. The van der Waals surface area contributed by atoms with Gasteiger partial charge >= 0.3 is 0 Å². The zero-order valence-corrected chi connectivity index (χ0v) is 11.1. The molecule has 2 aliphatic rings. The Kier molecular flexibility index (Phi) is 2.53. The SMILES string of the molecule is CC1Oc2cc(C3(C#N)CCC3)ccc2N(C)C1=O. The molecule has 1 unspecified atom stereocenters. The van der Waals surface area contributed by atoms with Crippen LogP contribution in [0, 0.1) is 11.3 Å². The number of fused-ring (bicyclic) bond motifs is 1. The normalized spacial score (nSPS) is 23.9. The minimum absolute atomic E-state index is 0.0427. The highest BCUT2D eigenvalue weighted by Crippen LogP contribution is 2.46. The molecule has 0 aromatic heterocycles. The van der Waals surface area contributed by atoms with Gasteiger partial charge in [0, 0.05) is 7.05 Å². The first kappa shape index (κ1) is 12.0. The number of anilines is 1. The van der Waals surface area contributed by atoms with Crippen molar-refractivity contribution < 1.29 is 9.53 Å². The molecule has 98 valence electrons. The largest absolute Gasteiger partial charge is 0.479 e. The summed E-state index contributed by atoms with van der Waals surface area (Å²) in [5.41, 5.74) is 1.44. The maximum absolute atomic E-state index is 11.8. The van der Waals surface area contributed by atoms with E-state index in [0.29, 0.717) is 5.75 Å². The minimum Gasteiger partial charge on any atom is -0.479 e. The molecule has 1 aliphatic heterocycles. The van der Waals surface area contributed by atoms with Gasteiger partial charge < -0.3 is 9.64 Å². The van der Waals surface area contributed by atoms with Crippen LogP contribution in [0.2, 0.25) is 0 Å². The fourth-order valence-electron chi connectivity index (χ4n) is 2.81. The Morgan fingerprint density at radius 3 is 2.79 bits per heavy atom. The lowest BCUT2D eigenvalue weighted by molar-refractivity contribution is -0.125. The summed E-state index contributed by atoms with van der Waals surface area (Å²) in [6.07, 6.45) is 2.45. The Bertz CT molecular complexity index is 584. The molecule has 1 aromatic rings. The third kappa shape index (κ3) is 1.61. The molecule has 1 aliphatic carbocycles. The number of carbonyl (C=O) groups excluding carboxylic acids is 1. The van der Waals surface area contributed by atoms with Crippen LogP contribution in [0.4, 0.5) is 5.69 Å². The van der Waals surface area contributed by atoms with Gasteiger partial charge in [-0.1, -0.05) is 6.07 Å². The van der Waals surface area contributed by atoms with Gasteiger partial charge in [0.05, 0.1) is 17.2 Å². The summed E-state index contributed by atoms with van der Waals surface area (Å²) < 4.78 is 5.66. The van der Waals surface area contributed by atoms with E-state index in [9.17, 15) is 10.1 Å². The summed E-state index contributed by atoms with van der Waals surface area (Å²) in [6, 6.07) is 8.19. The Balaban J connectivity index is 2.04. The van der Waals surface area contributed by atoms with E-state index < -0.39 is 6.10 Å². The zero-order valence-electron chi connectivity index (χ0n) is 11.1. The number of rotatable bonds is 1. The number of nitriles is 1. The summed E-state index contributed by atoms with van der Waals surface area (Å²) in [6.45, 7) is 1.75. The van der Waals surface area contributed by atoms with Gasteiger partial charge in [-0.3, -0.25) is 4.79 Å². The molecule has 1 heterocycles. The number of likely N-dealkylation sites (N-methyl/N-ethyl adjacent to an activating group) is 1. The molecule has 4 heteroatoms. The molecule has 1 fully saturated rings. The zero-order chi connectivity index (χ0) is 13.6. The van der Waals surface area contributed by atoms with E-state index in [2.05, 4.69) is 6.07 Å². The summed E-state index contributed by atoms with van der Waals surface area (Å²) >= 11 is 0. The first-order valence-corrected chi connectivity index (χ1v) is 6.57. The third-order valence-corrected chi connectivity index (χ3v) is 4.28. The number of amides is 1. The predicted molar refractivity (Wildman–Crippen MR) is 71.1 cm³/mol. The van der Waals surface area contributed by atoms with Crippen LogP contribution >= 0.6 is 0 Å². The lowest BCUT2D eigenvalue weighted by Gasteiger charge is -2.37. The average molecular weight is 256 g/mol. The van der Waals surface area contributed by atoms with Crippen molar-refractivity contribution in [1.29, 1.82) is 5.26 Å². The van der Waals surface area contributed by atoms with E-state index in [4.69, 9.17) is 4.74 Å². The highest BCUT2D eigenvalue weighted by molar-refractivity contribution is 5.99. The highest BCUT2D eigenvalue weighted by Gasteiger charge is 2.40. The molecular weight excluding hydrogens is 240 g/mol. The Morgan fingerprint density at radius 1 is 1.47 bits per heavy atom. The van der Waals surface area contributed by atoms with Crippen molar-refractivity contribution in [3.05, 3.63) is 23.8 Å². The molecule has 1 amide bonds. The summed E-state index contributed by atoms with van der Waals surface area (Å²) in [5, 5.41) is 9.38. The van der Waals surface area contributed by atoms with Crippen LogP contribution in [0.1, 0.15) is 31.7 Å². The lowest BCUT2D eigenvalue weighted by atomic mass is 9.65. The van der Waals surface area contributed by atoms with Crippen molar-refractivity contribution in [2.45, 2.75) is 37.7 Å². The number of hydrogen-bond donors (Lipinski definition) is 0. The standard InChI is InChI=1S/C15H16N2O2/c1-10-14(18)17(2)12-5-4-11(8-13(12)19-10)15(9-16)6-3-7-15/h4-5,8,10H,3,6-7H2,1-2H3. The minimum atomic E-state index is -0.466. The van der Waals surface area contributed by atoms with Gasteiger partial charge in [-0.25, -0.2) is 0 Å². The van der Waals surface area contributed by atoms with E-state index in [1.54, 1.807) is 18.9 Å². The quantitative estimate of drug-likeness (QED) is 0.775. The van der Waals surface area contributed by atoms with Crippen molar-refractivity contribution in [1.82, 2.24) is 0 Å². The Morgan fingerprint density at radius 2 is 2.21 bits per heavy atom. The van der Waals surface area contributed by atoms with Gasteiger partial charge in [-0.2, -0.15) is 5.26 Å². The number of ether oxygens (including phenoxy) is 1. The van der Waals surface area contributed by atoms with Crippen molar-refractivity contribution in [2.75, 3.05) is 11.9 Å². The smallest absolute Gasteiger partial charge is 0.267 e. The fraction of sp³-hybridized carbons (Fsp3) is 0.467. The average Bonchev–Trinajstić information content (AvgIpc) is 2.35. The second-order valence-corrected chi connectivity index (χ2v) is 5.39. The molecule has 0 bridgehead atoms. The molecule has 1 aromatic carbocycles. The molecule has 0 spiro atoms. The van der Waals surface area contributed by atoms with Crippen molar-refractivity contribution in [2.24, 2.45) is 0 Å². The van der Waals surface area contributed by atoms with Gasteiger partial charge in [-0.15, -0.1) is 0 Å². The number of nitrogens with zero attached hydrogens (tertiary/aromatic N) is 2. The van der Waals surface area contributed by atoms with E-state index in [0.717, 1.165) is 30.5 Å². The van der Waals surface area contributed by atoms with Gasteiger partial charge in [0.25, 0.3) is 5.91 Å². The van der Waals surface area contributed by atoms with Crippen LogP contribution in [-0.4, -0.2) is 19.1 Å². The van der Waals surface area contributed by atoms with Gasteiger partial charge in [0.15, 0.2) is 6.10 Å². The van der Waals surface area contributed by atoms with E-state index in [1.807, 2.05) is 18.2 Å². The van der Waals surface area contributed by atoms with Crippen LogP contribution in [0.5, 0.6) is 5.75 Å². The van der Waals surface area contributed by atoms with Crippen LogP contribution in [0.15, 0.2) is 18.2 Å². The van der Waals surface area contributed by atoms with Crippen molar-refractivity contribution in [3.8, 4) is 11.8 Å². The van der Waals surface area contributed by atoms with E-state index in [1.165, 1.54) is 0 Å². The molecule has 3 rings (SSSR count). The Labute approximate surface area is 112 Å². The van der Waals surface area contributed by atoms with Crippen LogP contribution in [0.25, 0.3) is 0 Å². The summed E-state index contributed by atoms with van der Waals surface area (Å²) in [4.78, 5) is 13.5. The van der Waals surface area contributed by atoms with Crippen LogP contribution < -0.4 is 9.64 Å². The molecule has 1 saturated carbocycles. The summed E-state index contributed by atoms with van der Waals surface area (Å²) in [7, 11) is 1.75. The number of hydrogen-bond acceptors (Lipinski definition) is 3. The van der Waals surface area contributed by atoms with Gasteiger partial charge in [0.2, 0.25) is 0 Å². The molecule has 1 atom stereocenters. The number of carbonyl (C=O) groups is 1. The second kappa shape index (κ2) is 3.99. The highest BCUT2D eigenvalue weighted by atomic mass is 16.5. The van der Waals surface area contributed by atoms with Crippen LogP contribution in [-0.2, 0) is 10.2 Å². The van der Waals surface area contributed by atoms with Gasteiger partial charge in [0.1, 0.15) is 5.75 Å². The molecule has 0 saturated heterocycles. The molecular formula is C15H16N2O2. The first-order chi connectivity index (χ1) is 9.07. The van der Waals surface area contributed by atoms with Gasteiger partial charge in [-0.05, 0) is 43.9 Å². The fourth-order valence-corrected chi connectivity index (χ4v) is 2.81. The maximum Gasteiger partial charge on any atom is 0.267 e. The Hall–Kier alpha value is -2.02. The van der Waals surface area contributed by atoms with Crippen LogP contribution in [0.3, 0.4) is 0 Å². The topological polar surface area (TPSA) is 53.3 Å². The molecule has 4 nitrogen and oxygen atoms in total. The van der Waals surface area contributed by atoms with E-state index >= 15 is 0 Å². The lowest BCUT2D eigenvalue weighted by Crippen LogP contribution is -2.42. The first-order valence-electron chi connectivity index (χ1n) is 6.57. The maximum atomic E-state index is 11.8. The van der Waals surface area contributed by atoms with Crippen molar-refractivity contribution >= 4 is 11.6 Å². The monoisotopic (exact) mass is 256 g/mol. The molecule has 0 radical (unpaired) electrons. The molecule has 0 N–H and O–H groups in total. The predicted octanol–water partition coefficient (Wildman–Crippen LogP) is 2.38. The summed E-state index contributed by atoms with van der Waals surface area (Å²) in [5.74, 6) is 0.660. The van der Waals surface area contributed by atoms with Crippen molar-refractivity contribution in [3.63, 3.8) is 0 Å². The number of benzene rings is 1. The second-order valence-electron chi connectivity index (χ2n) is 5.39. The van der Waals surface area contributed by atoms with E-state index in [-0.39, 0.29) is 11.3 Å².